The van der Waals surface area contributed by atoms with E-state index >= 15 is 0 Å². The number of hydrogen-bond donors (Lipinski definition) is 2. The molecule has 1 aliphatic carbocycles. The van der Waals surface area contributed by atoms with E-state index < -0.39 is 12.1 Å². The average molecular weight is 359 g/mol. The zero-order chi connectivity index (χ0) is 18.6. The Balaban J connectivity index is 1.84. The summed E-state index contributed by atoms with van der Waals surface area (Å²) in [6.07, 6.45) is -2.15. The van der Waals surface area contributed by atoms with Gasteiger partial charge >= 0.3 is 6.18 Å². The SMILES string of the molecule is CN=C(NCc1c(C)nn(C)c1C)NCC1CCCC(C(F)(F)F)C1. The van der Waals surface area contributed by atoms with E-state index in [-0.39, 0.29) is 18.8 Å². The molecule has 1 aliphatic rings. The van der Waals surface area contributed by atoms with Crippen molar-refractivity contribution in [2.24, 2.45) is 23.9 Å². The number of nitrogens with one attached hydrogen (secondary N) is 2. The highest BCUT2D eigenvalue weighted by molar-refractivity contribution is 5.79. The third kappa shape index (κ3) is 5.12. The van der Waals surface area contributed by atoms with E-state index in [2.05, 4.69) is 20.7 Å². The van der Waals surface area contributed by atoms with E-state index in [1.54, 1.807) is 7.05 Å². The van der Waals surface area contributed by atoms with E-state index in [1.807, 2.05) is 25.6 Å². The van der Waals surface area contributed by atoms with Crippen molar-refractivity contribution in [3.05, 3.63) is 17.0 Å². The predicted octanol–water partition coefficient (Wildman–Crippen LogP) is 3.07. The minimum atomic E-state index is -4.08. The van der Waals surface area contributed by atoms with Crippen LogP contribution >= 0.6 is 0 Å². The first kappa shape index (κ1) is 19.6. The third-order valence-corrected chi connectivity index (χ3v) is 5.12. The topological polar surface area (TPSA) is 54.2 Å². The molecule has 8 heteroatoms. The molecule has 0 amide bonds. The van der Waals surface area contributed by atoms with Gasteiger partial charge in [-0.3, -0.25) is 9.67 Å². The molecule has 0 aromatic carbocycles. The van der Waals surface area contributed by atoms with Crippen LogP contribution in [0.4, 0.5) is 13.2 Å². The quantitative estimate of drug-likeness (QED) is 0.642. The van der Waals surface area contributed by atoms with E-state index in [0.29, 0.717) is 25.5 Å². The number of guanidine groups is 1. The predicted molar refractivity (Wildman–Crippen MR) is 92.4 cm³/mol. The van der Waals surface area contributed by atoms with Crippen LogP contribution < -0.4 is 10.6 Å². The van der Waals surface area contributed by atoms with Gasteiger partial charge in [0.2, 0.25) is 0 Å². The zero-order valence-corrected chi connectivity index (χ0v) is 15.4. The maximum atomic E-state index is 12.9. The standard InChI is InChI=1S/C17H28F3N5/c1-11-15(12(2)25(4)24-11)10-23-16(21-3)22-9-13-6-5-7-14(8-13)17(18,19)20/h13-14H,5-10H2,1-4H3,(H2,21,22,23). The summed E-state index contributed by atoms with van der Waals surface area (Å²) in [5.41, 5.74) is 3.16. The summed E-state index contributed by atoms with van der Waals surface area (Å²) >= 11 is 0. The number of halogens is 3. The second kappa shape index (κ2) is 8.10. The average Bonchev–Trinajstić information content (AvgIpc) is 2.80. The van der Waals surface area contributed by atoms with Crippen LogP contribution in [-0.2, 0) is 13.6 Å². The Morgan fingerprint density at radius 1 is 1.28 bits per heavy atom. The van der Waals surface area contributed by atoms with Crippen molar-refractivity contribution in [1.29, 1.82) is 0 Å². The lowest BCUT2D eigenvalue weighted by Crippen LogP contribution is -2.41. The molecule has 25 heavy (non-hydrogen) atoms. The highest BCUT2D eigenvalue weighted by Crippen LogP contribution is 2.39. The van der Waals surface area contributed by atoms with Crippen LogP contribution in [0.3, 0.4) is 0 Å². The fourth-order valence-electron chi connectivity index (χ4n) is 3.48. The minimum Gasteiger partial charge on any atom is -0.356 e. The number of alkyl halides is 3. The van der Waals surface area contributed by atoms with Crippen molar-refractivity contribution in [2.45, 2.75) is 52.3 Å². The van der Waals surface area contributed by atoms with Gasteiger partial charge in [0.05, 0.1) is 11.6 Å². The first-order valence-electron chi connectivity index (χ1n) is 8.72. The van der Waals surface area contributed by atoms with Crippen LogP contribution in [0.5, 0.6) is 0 Å². The maximum absolute atomic E-state index is 12.9. The molecule has 1 aromatic rings. The van der Waals surface area contributed by atoms with Crippen LogP contribution in [0, 0.1) is 25.7 Å². The van der Waals surface area contributed by atoms with Gasteiger partial charge in [-0.05, 0) is 39.0 Å². The zero-order valence-electron chi connectivity index (χ0n) is 15.4. The first-order chi connectivity index (χ1) is 11.7. The van der Waals surface area contributed by atoms with Crippen molar-refractivity contribution in [3.63, 3.8) is 0 Å². The number of nitrogens with zero attached hydrogens (tertiary/aromatic N) is 3. The van der Waals surface area contributed by atoms with Gasteiger partial charge in [0.25, 0.3) is 0 Å². The molecular formula is C17H28F3N5. The highest BCUT2D eigenvalue weighted by atomic mass is 19.4. The van der Waals surface area contributed by atoms with Crippen LogP contribution in [0.25, 0.3) is 0 Å². The normalized spacial score (nSPS) is 22.1. The number of rotatable bonds is 4. The molecule has 0 spiro atoms. The number of aryl methyl sites for hydroxylation is 2. The number of hydrogen-bond acceptors (Lipinski definition) is 2. The molecule has 1 aromatic heterocycles. The molecule has 1 fully saturated rings. The fraction of sp³-hybridized carbons (Fsp3) is 0.765. The third-order valence-electron chi connectivity index (χ3n) is 5.12. The molecule has 142 valence electrons. The second-order valence-electron chi connectivity index (χ2n) is 6.85. The molecule has 2 unspecified atom stereocenters. The molecule has 2 rings (SSSR count). The van der Waals surface area contributed by atoms with Crippen molar-refractivity contribution >= 4 is 5.96 Å². The van der Waals surface area contributed by atoms with Gasteiger partial charge in [-0.1, -0.05) is 6.42 Å². The van der Waals surface area contributed by atoms with Crippen molar-refractivity contribution in [3.8, 4) is 0 Å². The van der Waals surface area contributed by atoms with E-state index in [4.69, 9.17) is 0 Å². The molecule has 0 saturated heterocycles. The Kier molecular flexibility index (Phi) is 6.35. The Hall–Kier alpha value is -1.73. The van der Waals surface area contributed by atoms with Gasteiger partial charge in [-0.15, -0.1) is 0 Å². The summed E-state index contributed by atoms with van der Waals surface area (Å²) in [5.74, 6) is -0.527. The summed E-state index contributed by atoms with van der Waals surface area (Å²) in [5, 5.41) is 10.8. The minimum absolute atomic E-state index is 0.0285. The van der Waals surface area contributed by atoms with Crippen molar-refractivity contribution < 1.29 is 13.2 Å². The summed E-state index contributed by atoms with van der Waals surface area (Å²) < 4.78 is 40.5. The summed E-state index contributed by atoms with van der Waals surface area (Å²) in [7, 11) is 3.57. The van der Waals surface area contributed by atoms with Crippen LogP contribution in [0.15, 0.2) is 4.99 Å². The van der Waals surface area contributed by atoms with Crippen molar-refractivity contribution in [1.82, 2.24) is 20.4 Å². The maximum Gasteiger partial charge on any atom is 0.391 e. The lowest BCUT2D eigenvalue weighted by molar-refractivity contribution is -0.185. The monoisotopic (exact) mass is 359 g/mol. The van der Waals surface area contributed by atoms with Crippen LogP contribution in [0.1, 0.15) is 42.6 Å². The van der Waals surface area contributed by atoms with Gasteiger partial charge in [-0.2, -0.15) is 18.3 Å². The van der Waals surface area contributed by atoms with E-state index in [9.17, 15) is 13.2 Å². The van der Waals surface area contributed by atoms with Crippen molar-refractivity contribution in [2.75, 3.05) is 13.6 Å². The van der Waals surface area contributed by atoms with Gasteiger partial charge in [0, 0.05) is 38.4 Å². The summed E-state index contributed by atoms with van der Waals surface area (Å²) in [6.45, 7) is 5.06. The van der Waals surface area contributed by atoms with E-state index in [1.165, 1.54) is 0 Å². The number of aliphatic imine (C=N–C) groups is 1. The van der Waals surface area contributed by atoms with Gasteiger partial charge in [0.15, 0.2) is 5.96 Å². The molecule has 5 nitrogen and oxygen atoms in total. The van der Waals surface area contributed by atoms with Gasteiger partial charge in [0.1, 0.15) is 0 Å². The largest absolute Gasteiger partial charge is 0.391 e. The molecule has 1 heterocycles. The summed E-state index contributed by atoms with van der Waals surface area (Å²) in [6, 6.07) is 0. The molecule has 1 saturated carbocycles. The Morgan fingerprint density at radius 2 is 2.00 bits per heavy atom. The highest BCUT2D eigenvalue weighted by Gasteiger charge is 2.42. The fourth-order valence-corrected chi connectivity index (χ4v) is 3.48. The van der Waals surface area contributed by atoms with Crippen LogP contribution in [-0.4, -0.2) is 35.5 Å². The van der Waals surface area contributed by atoms with Gasteiger partial charge < -0.3 is 10.6 Å². The molecule has 0 aliphatic heterocycles. The van der Waals surface area contributed by atoms with E-state index in [0.717, 1.165) is 23.4 Å². The Labute approximate surface area is 147 Å². The molecular weight excluding hydrogens is 331 g/mol. The second-order valence-corrected chi connectivity index (χ2v) is 6.85. The Morgan fingerprint density at radius 3 is 2.56 bits per heavy atom. The molecule has 0 bridgehead atoms. The van der Waals surface area contributed by atoms with Gasteiger partial charge in [-0.25, -0.2) is 0 Å². The molecule has 2 N–H and O–H groups in total. The summed E-state index contributed by atoms with van der Waals surface area (Å²) in [4.78, 5) is 4.17. The lowest BCUT2D eigenvalue weighted by atomic mass is 9.81. The first-order valence-corrected chi connectivity index (χ1v) is 8.72. The smallest absolute Gasteiger partial charge is 0.356 e. The number of aromatic nitrogens is 2. The lowest BCUT2D eigenvalue weighted by Gasteiger charge is -2.30. The van der Waals surface area contributed by atoms with Crippen LogP contribution in [0.2, 0.25) is 0 Å². The molecule has 2 atom stereocenters. The molecule has 0 radical (unpaired) electrons. The Bertz CT molecular complexity index is 606.